The number of aromatic nitrogens is 2. The summed E-state index contributed by atoms with van der Waals surface area (Å²) in [4.78, 5) is 20.9. The predicted octanol–water partition coefficient (Wildman–Crippen LogP) is 1.24. The SMILES string of the molecule is C[C@@]1(CNC(=O)c2cnc(C3CCNCC3)cn2)CCCO1. The van der Waals surface area contributed by atoms with Crippen LogP contribution in [0.4, 0.5) is 0 Å². The van der Waals surface area contributed by atoms with E-state index < -0.39 is 0 Å². The molecule has 1 aromatic heterocycles. The Morgan fingerprint density at radius 1 is 1.41 bits per heavy atom. The molecule has 2 aliphatic heterocycles. The van der Waals surface area contributed by atoms with Gasteiger partial charge in [0.1, 0.15) is 5.69 Å². The van der Waals surface area contributed by atoms with E-state index in [2.05, 4.69) is 20.6 Å². The molecule has 2 aliphatic rings. The minimum atomic E-state index is -0.238. The van der Waals surface area contributed by atoms with Crippen LogP contribution in [0.15, 0.2) is 12.4 Å². The second-order valence-corrected chi connectivity index (χ2v) is 6.44. The average Bonchev–Trinajstić information content (AvgIpc) is 3.01. The van der Waals surface area contributed by atoms with Crippen LogP contribution in [0.2, 0.25) is 0 Å². The lowest BCUT2D eigenvalue weighted by atomic mass is 9.95. The number of hydrogen-bond donors (Lipinski definition) is 2. The number of rotatable bonds is 4. The van der Waals surface area contributed by atoms with E-state index in [1.54, 1.807) is 12.4 Å². The van der Waals surface area contributed by atoms with Gasteiger partial charge in [0.15, 0.2) is 0 Å². The molecule has 6 heteroatoms. The van der Waals surface area contributed by atoms with Crippen LogP contribution in [-0.4, -0.2) is 47.7 Å². The number of carbonyl (C=O) groups is 1. The number of nitrogens with zero attached hydrogens (tertiary/aromatic N) is 2. The molecular formula is C16H24N4O2. The van der Waals surface area contributed by atoms with Gasteiger partial charge in [-0.25, -0.2) is 4.98 Å². The lowest BCUT2D eigenvalue weighted by Gasteiger charge is -2.23. The number of hydrogen-bond acceptors (Lipinski definition) is 5. The van der Waals surface area contributed by atoms with Crippen molar-refractivity contribution >= 4 is 5.91 Å². The molecule has 120 valence electrons. The van der Waals surface area contributed by atoms with Crippen molar-refractivity contribution in [2.45, 2.75) is 44.1 Å². The highest BCUT2D eigenvalue weighted by atomic mass is 16.5. The fourth-order valence-corrected chi connectivity index (χ4v) is 3.12. The molecule has 2 N–H and O–H groups in total. The van der Waals surface area contributed by atoms with E-state index >= 15 is 0 Å². The summed E-state index contributed by atoms with van der Waals surface area (Å²) in [6.07, 6.45) is 7.53. The molecule has 1 amide bonds. The van der Waals surface area contributed by atoms with Crippen LogP contribution in [0, 0.1) is 0 Å². The Balaban J connectivity index is 1.56. The molecule has 0 radical (unpaired) electrons. The van der Waals surface area contributed by atoms with Crippen molar-refractivity contribution in [3.05, 3.63) is 23.8 Å². The maximum Gasteiger partial charge on any atom is 0.271 e. The Bertz CT molecular complexity index is 505. The van der Waals surface area contributed by atoms with Crippen LogP contribution in [0.5, 0.6) is 0 Å². The van der Waals surface area contributed by atoms with E-state index in [1.807, 2.05) is 6.92 Å². The lowest BCUT2D eigenvalue weighted by molar-refractivity contribution is 0.0205. The van der Waals surface area contributed by atoms with Gasteiger partial charge in [-0.15, -0.1) is 0 Å². The first-order chi connectivity index (χ1) is 10.7. The van der Waals surface area contributed by atoms with Gasteiger partial charge in [-0.2, -0.15) is 0 Å². The molecule has 2 fully saturated rings. The number of piperidine rings is 1. The summed E-state index contributed by atoms with van der Waals surface area (Å²) in [6, 6.07) is 0. The zero-order valence-corrected chi connectivity index (χ0v) is 13.1. The van der Waals surface area contributed by atoms with Gasteiger partial charge in [0.05, 0.1) is 17.5 Å². The third-order valence-corrected chi connectivity index (χ3v) is 4.59. The van der Waals surface area contributed by atoms with Gasteiger partial charge < -0.3 is 15.4 Å². The first-order valence-corrected chi connectivity index (χ1v) is 8.11. The topological polar surface area (TPSA) is 76.1 Å². The number of ether oxygens (including phenoxy) is 1. The van der Waals surface area contributed by atoms with Crippen molar-refractivity contribution in [3.63, 3.8) is 0 Å². The summed E-state index contributed by atoms with van der Waals surface area (Å²) < 4.78 is 5.67. The van der Waals surface area contributed by atoms with Gasteiger partial charge in [0, 0.05) is 25.3 Å². The van der Waals surface area contributed by atoms with E-state index in [-0.39, 0.29) is 11.5 Å². The van der Waals surface area contributed by atoms with Gasteiger partial charge in [0.2, 0.25) is 0 Å². The Hall–Kier alpha value is -1.53. The van der Waals surface area contributed by atoms with Gasteiger partial charge in [-0.1, -0.05) is 0 Å². The molecule has 0 aromatic carbocycles. The smallest absolute Gasteiger partial charge is 0.271 e. The Morgan fingerprint density at radius 2 is 2.23 bits per heavy atom. The highest BCUT2D eigenvalue weighted by Gasteiger charge is 2.30. The van der Waals surface area contributed by atoms with Crippen molar-refractivity contribution in [2.75, 3.05) is 26.2 Å². The average molecular weight is 304 g/mol. The fraction of sp³-hybridized carbons (Fsp3) is 0.688. The molecule has 1 atom stereocenters. The fourth-order valence-electron chi connectivity index (χ4n) is 3.12. The highest BCUT2D eigenvalue weighted by Crippen LogP contribution is 2.24. The summed E-state index contributed by atoms with van der Waals surface area (Å²) in [7, 11) is 0. The van der Waals surface area contributed by atoms with Gasteiger partial charge >= 0.3 is 0 Å². The second-order valence-electron chi connectivity index (χ2n) is 6.44. The Morgan fingerprint density at radius 3 is 2.86 bits per heavy atom. The summed E-state index contributed by atoms with van der Waals surface area (Å²) >= 11 is 0. The standard InChI is InChI=1S/C16H24N4O2/c1-16(5-2-8-22-16)11-20-15(21)14-10-18-13(9-19-14)12-3-6-17-7-4-12/h9-10,12,17H,2-8,11H2,1H3,(H,20,21)/t16-/m0/s1. The van der Waals surface area contributed by atoms with Crippen molar-refractivity contribution in [1.82, 2.24) is 20.6 Å². The van der Waals surface area contributed by atoms with E-state index in [4.69, 9.17) is 4.74 Å². The summed E-state index contributed by atoms with van der Waals surface area (Å²) in [6.45, 7) is 5.37. The van der Waals surface area contributed by atoms with Crippen molar-refractivity contribution in [1.29, 1.82) is 0 Å². The monoisotopic (exact) mass is 304 g/mol. The van der Waals surface area contributed by atoms with E-state index in [0.717, 1.165) is 51.1 Å². The first kappa shape index (κ1) is 15.4. The molecule has 0 spiro atoms. The molecule has 22 heavy (non-hydrogen) atoms. The van der Waals surface area contributed by atoms with E-state index in [0.29, 0.717) is 18.2 Å². The van der Waals surface area contributed by atoms with Crippen molar-refractivity contribution in [3.8, 4) is 0 Å². The molecule has 1 aromatic rings. The largest absolute Gasteiger partial charge is 0.373 e. The predicted molar refractivity (Wildman–Crippen MR) is 82.8 cm³/mol. The maximum absolute atomic E-state index is 12.2. The molecular weight excluding hydrogens is 280 g/mol. The second kappa shape index (κ2) is 6.71. The van der Waals surface area contributed by atoms with Gasteiger partial charge in [0.25, 0.3) is 5.91 Å². The Kier molecular flexibility index (Phi) is 4.69. The minimum absolute atomic E-state index is 0.180. The van der Waals surface area contributed by atoms with E-state index in [9.17, 15) is 4.79 Å². The van der Waals surface area contributed by atoms with Gasteiger partial charge in [-0.05, 0) is 45.7 Å². The first-order valence-electron chi connectivity index (χ1n) is 8.11. The zero-order valence-electron chi connectivity index (χ0n) is 13.1. The summed E-state index contributed by atoms with van der Waals surface area (Å²) in [5.41, 5.74) is 1.13. The third kappa shape index (κ3) is 3.62. The third-order valence-electron chi connectivity index (χ3n) is 4.59. The van der Waals surface area contributed by atoms with Crippen LogP contribution in [0.1, 0.15) is 54.7 Å². The van der Waals surface area contributed by atoms with Crippen LogP contribution in [-0.2, 0) is 4.74 Å². The summed E-state index contributed by atoms with van der Waals surface area (Å²) in [5, 5.41) is 6.24. The van der Waals surface area contributed by atoms with Crippen LogP contribution in [0.3, 0.4) is 0 Å². The van der Waals surface area contributed by atoms with Crippen LogP contribution in [0.25, 0.3) is 0 Å². The zero-order chi connectivity index (χ0) is 15.4. The van der Waals surface area contributed by atoms with Crippen LogP contribution >= 0.6 is 0 Å². The highest BCUT2D eigenvalue weighted by molar-refractivity contribution is 5.91. The maximum atomic E-state index is 12.2. The normalized spacial score (nSPS) is 26.0. The molecule has 0 bridgehead atoms. The van der Waals surface area contributed by atoms with Gasteiger partial charge in [-0.3, -0.25) is 9.78 Å². The molecule has 0 saturated carbocycles. The summed E-state index contributed by atoms with van der Waals surface area (Å²) in [5.74, 6) is 0.276. The molecule has 6 nitrogen and oxygen atoms in total. The molecule has 3 heterocycles. The number of nitrogens with one attached hydrogen (secondary N) is 2. The van der Waals surface area contributed by atoms with E-state index in [1.165, 1.54) is 0 Å². The molecule has 2 saturated heterocycles. The minimum Gasteiger partial charge on any atom is -0.373 e. The van der Waals surface area contributed by atoms with Crippen molar-refractivity contribution in [2.24, 2.45) is 0 Å². The number of carbonyl (C=O) groups excluding carboxylic acids is 1. The lowest BCUT2D eigenvalue weighted by Crippen LogP contribution is -2.40. The molecule has 0 unspecified atom stereocenters. The Labute approximate surface area is 131 Å². The molecule has 3 rings (SSSR count). The van der Waals surface area contributed by atoms with Crippen molar-refractivity contribution < 1.29 is 9.53 Å². The van der Waals surface area contributed by atoms with Crippen LogP contribution < -0.4 is 10.6 Å². The molecule has 0 aliphatic carbocycles. The number of amides is 1. The quantitative estimate of drug-likeness (QED) is 0.875.